The second-order valence-electron chi connectivity index (χ2n) is 6.41. The van der Waals surface area contributed by atoms with Gasteiger partial charge in [-0.25, -0.2) is 19.9 Å². The van der Waals surface area contributed by atoms with E-state index in [1.165, 1.54) is 23.4 Å². The maximum atomic E-state index is 12.4. The third-order valence-corrected chi connectivity index (χ3v) is 5.42. The lowest BCUT2D eigenvalue weighted by Crippen LogP contribution is -2.21. The molecule has 1 N–H and O–H groups in total. The normalized spacial score (nSPS) is 11.0. The van der Waals surface area contributed by atoms with Crippen LogP contribution in [-0.2, 0) is 11.3 Å². The Bertz CT molecular complexity index is 1120. The van der Waals surface area contributed by atoms with Crippen LogP contribution in [0, 0.1) is 0 Å². The van der Waals surface area contributed by atoms with Gasteiger partial charge in [0.2, 0.25) is 5.91 Å². The molecule has 0 saturated carbocycles. The van der Waals surface area contributed by atoms with Crippen LogP contribution >= 0.6 is 11.3 Å². The lowest BCUT2D eigenvalue weighted by molar-refractivity contribution is -0.116. The molecule has 0 radical (unpaired) electrons. The molecule has 0 spiro atoms. The molecule has 1 aromatic carbocycles. The molecular formula is C20H21N7OS. The summed E-state index contributed by atoms with van der Waals surface area (Å²) in [5.41, 5.74) is 4.35. The molecule has 148 valence electrons. The van der Waals surface area contributed by atoms with E-state index in [-0.39, 0.29) is 12.5 Å². The first-order valence-electron chi connectivity index (χ1n) is 9.39. The van der Waals surface area contributed by atoms with Crippen molar-refractivity contribution in [2.75, 3.05) is 23.3 Å². The lowest BCUT2D eigenvalue weighted by Gasteiger charge is -2.20. The Morgan fingerprint density at radius 1 is 1.17 bits per heavy atom. The molecule has 0 aliphatic carbocycles. The summed E-state index contributed by atoms with van der Waals surface area (Å²) in [4.78, 5) is 31.5. The first kappa shape index (κ1) is 19.0. The fourth-order valence-electron chi connectivity index (χ4n) is 3.14. The molecule has 9 heteroatoms. The summed E-state index contributed by atoms with van der Waals surface area (Å²) in [5.74, 6) is -0.175. The van der Waals surface area contributed by atoms with Gasteiger partial charge >= 0.3 is 0 Å². The van der Waals surface area contributed by atoms with E-state index in [0.717, 1.165) is 29.9 Å². The number of anilines is 2. The van der Waals surface area contributed by atoms with Gasteiger partial charge in [0.25, 0.3) is 0 Å². The highest BCUT2D eigenvalue weighted by molar-refractivity contribution is 7.14. The van der Waals surface area contributed by atoms with E-state index in [4.69, 9.17) is 0 Å². The second kappa shape index (κ2) is 8.36. The Balaban J connectivity index is 1.43. The van der Waals surface area contributed by atoms with Crippen molar-refractivity contribution < 1.29 is 4.79 Å². The largest absolute Gasteiger partial charge is 0.372 e. The summed E-state index contributed by atoms with van der Waals surface area (Å²) in [7, 11) is 0. The van der Waals surface area contributed by atoms with Crippen molar-refractivity contribution >= 4 is 39.2 Å². The molecule has 8 nitrogen and oxygen atoms in total. The Hall–Kier alpha value is -3.33. The highest BCUT2D eigenvalue weighted by Crippen LogP contribution is 2.27. The van der Waals surface area contributed by atoms with Gasteiger partial charge in [-0.2, -0.15) is 0 Å². The Morgan fingerprint density at radius 3 is 2.72 bits per heavy atom. The molecule has 0 aliphatic rings. The minimum absolute atomic E-state index is 0.122. The van der Waals surface area contributed by atoms with Crippen molar-refractivity contribution in [2.45, 2.75) is 20.4 Å². The van der Waals surface area contributed by atoms with Crippen molar-refractivity contribution in [1.29, 1.82) is 0 Å². The number of fused-ring (bicyclic) bond motifs is 1. The fourth-order valence-corrected chi connectivity index (χ4v) is 3.88. The Morgan fingerprint density at radius 2 is 1.97 bits per heavy atom. The third-order valence-electron chi connectivity index (χ3n) is 4.66. The van der Waals surface area contributed by atoms with Crippen LogP contribution in [0.5, 0.6) is 0 Å². The van der Waals surface area contributed by atoms with Crippen molar-refractivity contribution in [3.63, 3.8) is 0 Å². The molecule has 4 rings (SSSR count). The number of carbonyl (C=O) groups is 1. The average molecular weight is 408 g/mol. The SMILES string of the molecule is CCN(CC)c1ccc(-c2csc(NC(=O)Cn3cnc4ncncc43)n2)cc1. The maximum Gasteiger partial charge on any atom is 0.246 e. The summed E-state index contributed by atoms with van der Waals surface area (Å²) in [6, 6.07) is 8.33. The van der Waals surface area contributed by atoms with E-state index < -0.39 is 0 Å². The molecule has 0 saturated heterocycles. The number of aromatic nitrogens is 5. The minimum Gasteiger partial charge on any atom is -0.372 e. The molecule has 29 heavy (non-hydrogen) atoms. The second-order valence-corrected chi connectivity index (χ2v) is 7.27. The number of nitrogens with one attached hydrogen (secondary N) is 1. The number of hydrogen-bond donors (Lipinski definition) is 1. The number of amides is 1. The molecule has 3 heterocycles. The summed E-state index contributed by atoms with van der Waals surface area (Å²) >= 11 is 1.41. The zero-order valence-corrected chi connectivity index (χ0v) is 17.1. The van der Waals surface area contributed by atoms with Crippen LogP contribution in [0.4, 0.5) is 10.8 Å². The zero-order valence-electron chi connectivity index (χ0n) is 16.2. The van der Waals surface area contributed by atoms with Gasteiger partial charge in [0.1, 0.15) is 18.4 Å². The first-order chi connectivity index (χ1) is 14.2. The van der Waals surface area contributed by atoms with Crippen LogP contribution in [0.25, 0.3) is 22.4 Å². The van der Waals surface area contributed by atoms with Gasteiger partial charge in [0.15, 0.2) is 10.8 Å². The molecule has 0 unspecified atom stereocenters. The van der Waals surface area contributed by atoms with Crippen molar-refractivity contribution in [2.24, 2.45) is 0 Å². The number of nitrogens with zero attached hydrogens (tertiary/aromatic N) is 6. The Labute approximate surface area is 172 Å². The summed E-state index contributed by atoms with van der Waals surface area (Å²) in [6.45, 7) is 6.36. The minimum atomic E-state index is -0.175. The molecular weight excluding hydrogens is 386 g/mol. The van der Waals surface area contributed by atoms with E-state index in [2.05, 4.69) is 68.3 Å². The smallest absolute Gasteiger partial charge is 0.246 e. The predicted molar refractivity (Wildman–Crippen MR) is 115 cm³/mol. The van der Waals surface area contributed by atoms with Gasteiger partial charge < -0.3 is 14.8 Å². The molecule has 0 bridgehead atoms. The highest BCUT2D eigenvalue weighted by Gasteiger charge is 2.11. The van der Waals surface area contributed by atoms with Crippen molar-refractivity contribution in [3.05, 3.63) is 48.5 Å². The van der Waals surface area contributed by atoms with Crippen LogP contribution in [-0.4, -0.2) is 43.5 Å². The molecule has 0 aliphatic heterocycles. The first-order valence-corrected chi connectivity index (χ1v) is 10.3. The van der Waals surface area contributed by atoms with Gasteiger partial charge in [0, 0.05) is 29.7 Å². The number of imidazole rings is 1. The molecule has 3 aromatic heterocycles. The van der Waals surface area contributed by atoms with Crippen LogP contribution < -0.4 is 10.2 Å². The van der Waals surface area contributed by atoms with Crippen molar-refractivity contribution in [1.82, 2.24) is 24.5 Å². The number of benzene rings is 1. The van der Waals surface area contributed by atoms with Gasteiger partial charge in [-0.3, -0.25) is 4.79 Å². The summed E-state index contributed by atoms with van der Waals surface area (Å²) < 4.78 is 1.71. The van der Waals surface area contributed by atoms with E-state index in [1.54, 1.807) is 17.1 Å². The van der Waals surface area contributed by atoms with E-state index in [1.807, 2.05) is 5.38 Å². The van der Waals surface area contributed by atoms with E-state index >= 15 is 0 Å². The van der Waals surface area contributed by atoms with Gasteiger partial charge in [-0.05, 0) is 26.0 Å². The molecule has 0 atom stereocenters. The fraction of sp³-hybridized carbons (Fsp3) is 0.250. The highest BCUT2D eigenvalue weighted by atomic mass is 32.1. The number of hydrogen-bond acceptors (Lipinski definition) is 7. The number of carbonyl (C=O) groups excluding carboxylic acids is 1. The standard InChI is InChI=1S/C20H21N7OS/c1-3-26(4-2)15-7-5-14(6-8-15)16-11-29-20(24-16)25-18(28)10-27-13-23-19-17(27)9-21-12-22-19/h5-9,11-13H,3-4,10H2,1-2H3,(H,24,25,28). The van der Waals surface area contributed by atoms with Gasteiger partial charge in [-0.15, -0.1) is 11.3 Å². The molecule has 4 aromatic rings. The summed E-state index contributed by atoms with van der Waals surface area (Å²) in [5, 5.41) is 5.37. The van der Waals surface area contributed by atoms with Crippen molar-refractivity contribution in [3.8, 4) is 11.3 Å². The molecule has 1 amide bonds. The average Bonchev–Trinajstić information content (AvgIpc) is 3.37. The summed E-state index contributed by atoms with van der Waals surface area (Å²) in [6.07, 6.45) is 4.67. The topological polar surface area (TPSA) is 88.8 Å². The van der Waals surface area contributed by atoms with Gasteiger partial charge in [0.05, 0.1) is 18.2 Å². The van der Waals surface area contributed by atoms with Crippen LogP contribution in [0.15, 0.2) is 48.5 Å². The monoisotopic (exact) mass is 407 g/mol. The van der Waals surface area contributed by atoms with Crippen LogP contribution in [0.1, 0.15) is 13.8 Å². The zero-order chi connectivity index (χ0) is 20.2. The molecule has 0 fully saturated rings. The lowest BCUT2D eigenvalue weighted by atomic mass is 10.1. The number of thiazole rings is 1. The number of rotatable bonds is 7. The quantitative estimate of drug-likeness (QED) is 0.505. The van der Waals surface area contributed by atoms with E-state index in [0.29, 0.717) is 10.8 Å². The van der Waals surface area contributed by atoms with Crippen LogP contribution in [0.3, 0.4) is 0 Å². The van der Waals surface area contributed by atoms with E-state index in [9.17, 15) is 4.79 Å². The van der Waals surface area contributed by atoms with Gasteiger partial charge in [-0.1, -0.05) is 12.1 Å². The maximum absolute atomic E-state index is 12.4. The predicted octanol–water partition coefficient (Wildman–Crippen LogP) is 3.43. The van der Waals surface area contributed by atoms with Crippen LogP contribution in [0.2, 0.25) is 0 Å². The Kier molecular flexibility index (Phi) is 5.48. The third kappa shape index (κ3) is 4.09.